The Bertz CT molecular complexity index is 780. The van der Waals surface area contributed by atoms with Crippen LogP contribution in [0.5, 0.6) is 0 Å². The van der Waals surface area contributed by atoms with Gasteiger partial charge < -0.3 is 15.7 Å². The van der Waals surface area contributed by atoms with Gasteiger partial charge in [0, 0.05) is 29.1 Å². The number of hydrogen-bond donors (Lipinski definition) is 3. The van der Waals surface area contributed by atoms with Gasteiger partial charge in [0.05, 0.1) is 6.61 Å². The van der Waals surface area contributed by atoms with Crippen molar-refractivity contribution >= 4 is 44.5 Å². The highest BCUT2D eigenvalue weighted by molar-refractivity contribution is 9.10. The van der Waals surface area contributed by atoms with Gasteiger partial charge in [-0.25, -0.2) is 9.97 Å². The van der Waals surface area contributed by atoms with Gasteiger partial charge in [-0.3, -0.25) is 0 Å². The SMILES string of the molecule is OCCNc1nc(Nc2ccc(Br)cc2)nc2nccnc12. The molecular weight excluding hydrogens is 348 g/mol. The molecule has 0 fully saturated rings. The molecule has 22 heavy (non-hydrogen) atoms. The summed E-state index contributed by atoms with van der Waals surface area (Å²) in [5.74, 6) is 0.947. The van der Waals surface area contributed by atoms with E-state index in [1.807, 2.05) is 24.3 Å². The van der Waals surface area contributed by atoms with Gasteiger partial charge in [0.2, 0.25) is 5.95 Å². The zero-order valence-electron chi connectivity index (χ0n) is 11.5. The summed E-state index contributed by atoms with van der Waals surface area (Å²) in [5.41, 5.74) is 1.91. The Morgan fingerprint density at radius 1 is 1.05 bits per heavy atom. The molecule has 2 aromatic heterocycles. The lowest BCUT2D eigenvalue weighted by molar-refractivity contribution is 0.311. The Balaban J connectivity index is 1.96. The zero-order chi connectivity index (χ0) is 15.4. The van der Waals surface area contributed by atoms with Crippen LogP contribution in [0.25, 0.3) is 11.2 Å². The molecule has 0 aliphatic carbocycles. The fourth-order valence-electron chi connectivity index (χ4n) is 1.88. The summed E-state index contributed by atoms with van der Waals surface area (Å²) >= 11 is 3.39. The molecule has 1 aromatic carbocycles. The monoisotopic (exact) mass is 360 g/mol. The fourth-order valence-corrected chi connectivity index (χ4v) is 2.14. The molecule has 3 N–H and O–H groups in total. The molecule has 3 rings (SSSR count). The second-order valence-corrected chi connectivity index (χ2v) is 5.32. The molecule has 8 heteroatoms. The molecule has 0 aliphatic rings. The molecule has 0 radical (unpaired) electrons. The van der Waals surface area contributed by atoms with Crippen LogP contribution in [-0.2, 0) is 0 Å². The van der Waals surface area contributed by atoms with E-state index in [0.29, 0.717) is 29.5 Å². The van der Waals surface area contributed by atoms with Gasteiger partial charge in [0.25, 0.3) is 0 Å². The van der Waals surface area contributed by atoms with Crippen molar-refractivity contribution in [3.05, 3.63) is 41.1 Å². The summed E-state index contributed by atoms with van der Waals surface area (Å²) < 4.78 is 0.994. The van der Waals surface area contributed by atoms with E-state index in [9.17, 15) is 0 Å². The molecule has 0 unspecified atom stereocenters. The summed E-state index contributed by atoms with van der Waals surface area (Å²) in [6.07, 6.45) is 3.16. The number of hydrogen-bond acceptors (Lipinski definition) is 7. The first-order valence-corrected chi connectivity index (χ1v) is 7.41. The third-order valence-corrected chi connectivity index (χ3v) is 3.37. The van der Waals surface area contributed by atoms with Gasteiger partial charge >= 0.3 is 0 Å². The number of halogens is 1. The molecule has 0 saturated heterocycles. The maximum Gasteiger partial charge on any atom is 0.231 e. The van der Waals surface area contributed by atoms with Crippen molar-refractivity contribution in [2.45, 2.75) is 0 Å². The third kappa shape index (κ3) is 3.29. The van der Waals surface area contributed by atoms with Gasteiger partial charge in [-0.1, -0.05) is 15.9 Å². The van der Waals surface area contributed by atoms with Crippen molar-refractivity contribution < 1.29 is 5.11 Å². The standard InChI is InChI=1S/C14H13BrN6O/c15-9-1-3-10(4-2-9)19-14-20-12-11(16-5-6-17-12)13(21-14)18-7-8-22/h1-6,22H,7-8H2,(H2,17,18,19,20,21). The van der Waals surface area contributed by atoms with Crippen LogP contribution >= 0.6 is 15.9 Å². The summed E-state index contributed by atoms with van der Waals surface area (Å²) in [5, 5.41) is 15.1. The Kier molecular flexibility index (Phi) is 4.40. The number of aliphatic hydroxyl groups excluding tert-OH is 1. The number of rotatable bonds is 5. The van der Waals surface area contributed by atoms with Crippen molar-refractivity contribution in [2.75, 3.05) is 23.8 Å². The smallest absolute Gasteiger partial charge is 0.231 e. The molecular formula is C14H13BrN6O. The van der Waals surface area contributed by atoms with E-state index in [1.165, 1.54) is 0 Å². The predicted octanol–water partition coefficient (Wildman–Crippen LogP) is 2.33. The first-order valence-electron chi connectivity index (χ1n) is 6.62. The number of benzene rings is 1. The quantitative estimate of drug-likeness (QED) is 0.642. The Hall–Kier alpha value is -2.32. The number of nitrogens with one attached hydrogen (secondary N) is 2. The van der Waals surface area contributed by atoms with Crippen LogP contribution < -0.4 is 10.6 Å². The number of fused-ring (bicyclic) bond motifs is 1. The first-order chi connectivity index (χ1) is 10.8. The Morgan fingerprint density at radius 2 is 1.82 bits per heavy atom. The van der Waals surface area contributed by atoms with E-state index in [1.54, 1.807) is 12.4 Å². The summed E-state index contributed by atoms with van der Waals surface area (Å²) in [6.45, 7) is 0.377. The van der Waals surface area contributed by atoms with Crippen LogP contribution in [0, 0.1) is 0 Å². The summed E-state index contributed by atoms with van der Waals surface area (Å²) in [4.78, 5) is 17.2. The van der Waals surface area contributed by atoms with Crippen molar-refractivity contribution in [1.29, 1.82) is 0 Å². The van der Waals surface area contributed by atoms with Crippen LogP contribution in [0.15, 0.2) is 41.1 Å². The number of nitrogens with zero attached hydrogens (tertiary/aromatic N) is 4. The lowest BCUT2D eigenvalue weighted by atomic mass is 10.3. The molecule has 7 nitrogen and oxygen atoms in total. The third-order valence-electron chi connectivity index (χ3n) is 2.84. The van der Waals surface area contributed by atoms with Crippen molar-refractivity contribution in [1.82, 2.24) is 19.9 Å². The van der Waals surface area contributed by atoms with Gasteiger partial charge in [-0.15, -0.1) is 0 Å². The maximum atomic E-state index is 8.97. The molecule has 0 spiro atoms. The van der Waals surface area contributed by atoms with Crippen LogP contribution in [-0.4, -0.2) is 38.2 Å². The Morgan fingerprint density at radius 3 is 2.59 bits per heavy atom. The highest BCUT2D eigenvalue weighted by Gasteiger charge is 2.09. The zero-order valence-corrected chi connectivity index (χ0v) is 13.1. The molecule has 3 aromatic rings. The van der Waals surface area contributed by atoms with Crippen LogP contribution in [0.1, 0.15) is 0 Å². The lowest BCUT2D eigenvalue weighted by Gasteiger charge is -2.10. The molecule has 2 heterocycles. The number of aliphatic hydroxyl groups is 1. The molecule has 112 valence electrons. The van der Waals surface area contributed by atoms with E-state index in [0.717, 1.165) is 10.2 Å². The minimum absolute atomic E-state index is 0.00122. The van der Waals surface area contributed by atoms with E-state index in [2.05, 4.69) is 46.5 Å². The minimum Gasteiger partial charge on any atom is -0.395 e. The van der Waals surface area contributed by atoms with Crippen LogP contribution in [0.2, 0.25) is 0 Å². The van der Waals surface area contributed by atoms with Crippen molar-refractivity contribution in [2.24, 2.45) is 0 Å². The maximum absolute atomic E-state index is 8.97. The highest BCUT2D eigenvalue weighted by atomic mass is 79.9. The highest BCUT2D eigenvalue weighted by Crippen LogP contribution is 2.21. The van der Waals surface area contributed by atoms with Gasteiger partial charge in [0.15, 0.2) is 17.0 Å². The molecule has 0 amide bonds. The second-order valence-electron chi connectivity index (χ2n) is 4.41. The minimum atomic E-state index is 0.00122. The van der Waals surface area contributed by atoms with E-state index >= 15 is 0 Å². The van der Waals surface area contributed by atoms with Gasteiger partial charge in [-0.05, 0) is 24.3 Å². The largest absolute Gasteiger partial charge is 0.395 e. The average Bonchev–Trinajstić information content (AvgIpc) is 2.55. The topological polar surface area (TPSA) is 95.8 Å². The summed E-state index contributed by atoms with van der Waals surface area (Å²) in [6, 6.07) is 7.67. The van der Waals surface area contributed by atoms with Crippen molar-refractivity contribution in [3.8, 4) is 0 Å². The Labute approximate surface area is 135 Å². The average molecular weight is 361 g/mol. The van der Waals surface area contributed by atoms with Crippen LogP contribution in [0.3, 0.4) is 0 Å². The van der Waals surface area contributed by atoms with E-state index < -0.39 is 0 Å². The fraction of sp³-hybridized carbons (Fsp3) is 0.143. The number of aromatic nitrogens is 4. The van der Waals surface area contributed by atoms with Gasteiger partial charge in [0.1, 0.15) is 0 Å². The normalized spacial score (nSPS) is 10.6. The molecule has 0 bridgehead atoms. The van der Waals surface area contributed by atoms with E-state index in [4.69, 9.17) is 5.11 Å². The predicted molar refractivity (Wildman–Crippen MR) is 88.1 cm³/mol. The number of anilines is 3. The molecule has 0 atom stereocenters. The van der Waals surface area contributed by atoms with Crippen molar-refractivity contribution in [3.63, 3.8) is 0 Å². The second kappa shape index (κ2) is 6.63. The van der Waals surface area contributed by atoms with Gasteiger partial charge in [-0.2, -0.15) is 9.97 Å². The first kappa shape index (κ1) is 14.6. The molecule has 0 aliphatic heterocycles. The lowest BCUT2D eigenvalue weighted by Crippen LogP contribution is -2.10. The summed E-state index contributed by atoms with van der Waals surface area (Å²) in [7, 11) is 0. The van der Waals surface area contributed by atoms with Crippen LogP contribution in [0.4, 0.5) is 17.5 Å². The molecule has 0 saturated carbocycles. The van der Waals surface area contributed by atoms with E-state index in [-0.39, 0.29) is 6.61 Å².